The van der Waals surface area contributed by atoms with Crippen LogP contribution < -0.4 is 5.56 Å². The fraction of sp³-hybridized carbons (Fsp3) is 0.417. The first-order chi connectivity index (χ1) is 8.30. The van der Waals surface area contributed by atoms with Crippen LogP contribution in [0.5, 0.6) is 0 Å². The number of aromatic nitrogens is 4. The normalized spacial score (nSPS) is 11.8. The number of hydrogen-bond acceptors (Lipinski definition) is 3. The van der Waals surface area contributed by atoms with E-state index in [0.717, 1.165) is 5.69 Å². The van der Waals surface area contributed by atoms with Crippen LogP contribution in [-0.2, 0) is 12.5 Å². The number of pyridine rings is 1. The second kappa shape index (κ2) is 4.20. The first kappa shape index (κ1) is 12.8. The van der Waals surface area contributed by atoms with E-state index in [4.69, 9.17) is 12.2 Å². The minimum Gasteiger partial charge on any atom is -0.325 e. The highest BCUT2D eigenvalue weighted by atomic mass is 32.1. The highest BCUT2D eigenvalue weighted by molar-refractivity contribution is 7.71. The van der Waals surface area contributed by atoms with Gasteiger partial charge in [-0.15, -0.1) is 0 Å². The van der Waals surface area contributed by atoms with Crippen LogP contribution in [0.25, 0.3) is 11.4 Å². The predicted molar refractivity (Wildman–Crippen MR) is 73.1 cm³/mol. The Balaban J connectivity index is 2.59. The van der Waals surface area contributed by atoms with E-state index in [1.807, 2.05) is 26.8 Å². The monoisotopic (exact) mass is 264 g/mol. The smallest absolute Gasteiger partial charge is 0.259 e. The van der Waals surface area contributed by atoms with Gasteiger partial charge in [0.1, 0.15) is 0 Å². The summed E-state index contributed by atoms with van der Waals surface area (Å²) in [5, 5.41) is 6.73. The average molecular weight is 264 g/mol. The van der Waals surface area contributed by atoms with Crippen LogP contribution in [0.2, 0.25) is 0 Å². The molecule has 2 heterocycles. The van der Waals surface area contributed by atoms with Gasteiger partial charge < -0.3 is 9.55 Å². The van der Waals surface area contributed by atoms with Crippen LogP contribution in [0.4, 0.5) is 0 Å². The number of hydrogen-bond donors (Lipinski definition) is 2. The van der Waals surface area contributed by atoms with Crippen molar-refractivity contribution < 1.29 is 0 Å². The Morgan fingerprint density at radius 2 is 2.00 bits per heavy atom. The summed E-state index contributed by atoms with van der Waals surface area (Å²) >= 11 is 5.04. The first-order valence-electron chi connectivity index (χ1n) is 5.66. The van der Waals surface area contributed by atoms with Crippen LogP contribution in [0.15, 0.2) is 16.9 Å². The zero-order valence-corrected chi connectivity index (χ0v) is 11.7. The van der Waals surface area contributed by atoms with Gasteiger partial charge in [-0.05, 0) is 24.4 Å². The third kappa shape index (κ3) is 2.15. The quantitative estimate of drug-likeness (QED) is 0.775. The Morgan fingerprint density at radius 1 is 1.33 bits per heavy atom. The van der Waals surface area contributed by atoms with E-state index in [1.165, 1.54) is 0 Å². The van der Waals surface area contributed by atoms with E-state index in [9.17, 15) is 4.79 Å². The van der Waals surface area contributed by atoms with E-state index < -0.39 is 0 Å². The lowest BCUT2D eigenvalue weighted by Gasteiger charge is -2.18. The fourth-order valence-corrected chi connectivity index (χ4v) is 1.81. The van der Waals surface area contributed by atoms with Crippen molar-refractivity contribution >= 4 is 12.2 Å². The molecule has 0 saturated carbocycles. The van der Waals surface area contributed by atoms with Gasteiger partial charge in [0, 0.05) is 18.2 Å². The summed E-state index contributed by atoms with van der Waals surface area (Å²) in [5.41, 5.74) is 1.17. The maximum Gasteiger partial charge on any atom is 0.259 e. The number of H-pyrrole nitrogens is 2. The van der Waals surface area contributed by atoms with Gasteiger partial charge in [-0.25, -0.2) is 0 Å². The highest BCUT2D eigenvalue weighted by Crippen LogP contribution is 2.20. The fourth-order valence-electron chi connectivity index (χ4n) is 1.68. The molecule has 0 bridgehead atoms. The van der Waals surface area contributed by atoms with Gasteiger partial charge in [0.25, 0.3) is 5.56 Å². The molecule has 96 valence electrons. The molecule has 0 saturated heterocycles. The Labute approximate surface area is 110 Å². The molecule has 2 N–H and O–H groups in total. The lowest BCUT2D eigenvalue weighted by atomic mass is 9.91. The molecule has 0 spiro atoms. The van der Waals surface area contributed by atoms with Crippen molar-refractivity contribution in [2.24, 2.45) is 7.05 Å². The molecular weight excluding hydrogens is 248 g/mol. The summed E-state index contributed by atoms with van der Waals surface area (Å²) in [5.74, 6) is 0.543. The molecule has 0 aliphatic heterocycles. The first-order valence-corrected chi connectivity index (χ1v) is 6.07. The minimum absolute atomic E-state index is 0.0887. The van der Waals surface area contributed by atoms with Crippen molar-refractivity contribution in [1.29, 1.82) is 0 Å². The van der Waals surface area contributed by atoms with E-state index in [-0.39, 0.29) is 11.0 Å². The molecule has 0 amide bonds. The molecule has 0 radical (unpaired) electrons. The lowest BCUT2D eigenvalue weighted by molar-refractivity contribution is 0.567. The third-order valence-electron chi connectivity index (χ3n) is 2.84. The Bertz CT molecular complexity index is 687. The third-order valence-corrected chi connectivity index (χ3v) is 3.20. The molecule has 2 aromatic rings. The van der Waals surface area contributed by atoms with Crippen LogP contribution >= 0.6 is 12.2 Å². The van der Waals surface area contributed by atoms with Crippen molar-refractivity contribution in [3.63, 3.8) is 0 Å². The maximum absolute atomic E-state index is 12.1. The maximum atomic E-state index is 12.1. The largest absolute Gasteiger partial charge is 0.325 e. The van der Waals surface area contributed by atoms with Crippen LogP contribution in [0.3, 0.4) is 0 Å². The summed E-state index contributed by atoms with van der Waals surface area (Å²) in [6.45, 7) is 6.15. The molecule has 0 atom stereocenters. The lowest BCUT2D eigenvalue weighted by Crippen LogP contribution is -2.20. The average Bonchev–Trinajstić information content (AvgIpc) is 2.59. The standard InChI is InChI=1S/C12H16N4OS/c1-12(2,3)8-6-5-7(10(17)13-8)9-14-15-11(18)16(9)4/h5-6H,1-4H3,(H,13,17)(H,15,18). The molecule has 2 aromatic heterocycles. The Morgan fingerprint density at radius 3 is 2.44 bits per heavy atom. The number of rotatable bonds is 1. The van der Waals surface area contributed by atoms with Gasteiger partial charge >= 0.3 is 0 Å². The second-order valence-electron chi connectivity index (χ2n) is 5.28. The summed E-state index contributed by atoms with van der Waals surface area (Å²) in [7, 11) is 1.78. The molecule has 6 heteroatoms. The van der Waals surface area contributed by atoms with Crippen LogP contribution in [0, 0.1) is 4.77 Å². The van der Waals surface area contributed by atoms with Gasteiger partial charge in [0.05, 0.1) is 5.56 Å². The van der Waals surface area contributed by atoms with Crippen LogP contribution in [0.1, 0.15) is 26.5 Å². The van der Waals surface area contributed by atoms with E-state index in [2.05, 4.69) is 15.2 Å². The molecule has 0 fully saturated rings. The van der Waals surface area contributed by atoms with Crippen molar-refractivity contribution in [3.05, 3.63) is 33.0 Å². The Hall–Kier alpha value is -1.69. The van der Waals surface area contributed by atoms with Gasteiger partial charge in [-0.2, -0.15) is 5.10 Å². The molecule has 0 aromatic carbocycles. The van der Waals surface area contributed by atoms with Crippen molar-refractivity contribution in [2.45, 2.75) is 26.2 Å². The highest BCUT2D eigenvalue weighted by Gasteiger charge is 2.17. The van der Waals surface area contributed by atoms with Crippen LogP contribution in [-0.4, -0.2) is 19.7 Å². The second-order valence-corrected chi connectivity index (χ2v) is 5.66. The summed E-state index contributed by atoms with van der Waals surface area (Å²) in [4.78, 5) is 15.0. The van der Waals surface area contributed by atoms with E-state index in [1.54, 1.807) is 17.7 Å². The zero-order chi connectivity index (χ0) is 13.5. The summed E-state index contributed by atoms with van der Waals surface area (Å²) in [6, 6.07) is 3.69. The number of aromatic amines is 2. The summed E-state index contributed by atoms with van der Waals surface area (Å²) in [6.07, 6.45) is 0. The summed E-state index contributed by atoms with van der Waals surface area (Å²) < 4.78 is 2.17. The molecule has 0 aliphatic carbocycles. The topological polar surface area (TPSA) is 66.5 Å². The predicted octanol–water partition coefficient (Wildman–Crippen LogP) is 2.13. The Kier molecular flexibility index (Phi) is 2.98. The van der Waals surface area contributed by atoms with Crippen molar-refractivity contribution in [2.75, 3.05) is 0 Å². The molecule has 2 rings (SSSR count). The van der Waals surface area contributed by atoms with Crippen molar-refractivity contribution in [1.82, 2.24) is 19.7 Å². The molecule has 0 unspecified atom stereocenters. The van der Waals surface area contributed by atoms with Crippen molar-refractivity contribution in [3.8, 4) is 11.4 Å². The molecule has 18 heavy (non-hydrogen) atoms. The number of nitrogens with one attached hydrogen (secondary N) is 2. The zero-order valence-electron chi connectivity index (χ0n) is 10.9. The van der Waals surface area contributed by atoms with Gasteiger partial charge in [0.15, 0.2) is 10.6 Å². The van der Waals surface area contributed by atoms with E-state index >= 15 is 0 Å². The van der Waals surface area contributed by atoms with Gasteiger partial charge in [-0.3, -0.25) is 9.89 Å². The minimum atomic E-state index is -0.153. The van der Waals surface area contributed by atoms with E-state index in [0.29, 0.717) is 16.2 Å². The molecular formula is C12H16N4OS. The molecule has 5 nitrogen and oxygen atoms in total. The SMILES string of the molecule is Cn1c(-c2ccc(C(C)(C)C)[nH]c2=O)n[nH]c1=S. The van der Waals surface area contributed by atoms with Gasteiger partial charge in [-0.1, -0.05) is 20.8 Å². The molecule has 0 aliphatic rings. The number of nitrogens with zero attached hydrogens (tertiary/aromatic N) is 2. The van der Waals surface area contributed by atoms with Gasteiger partial charge in [0.2, 0.25) is 0 Å².